The van der Waals surface area contributed by atoms with Gasteiger partial charge in [-0.25, -0.2) is 22.8 Å². The Balaban J connectivity index is 0.000000255. The Morgan fingerprint density at radius 1 is 0.507 bits per heavy atom. The normalized spacial score (nSPS) is 13.6. The number of aromatic hydroxyl groups is 2. The monoisotopic (exact) mass is 1060 g/mol. The summed E-state index contributed by atoms with van der Waals surface area (Å²) in [5.41, 5.74) is 3.39. The number of halogens is 5. The second-order valence-corrected chi connectivity index (χ2v) is 15.0. The molecule has 2 aliphatic heterocycles. The first-order valence-electron chi connectivity index (χ1n) is 21.4. The molecular weight excluding hydrogens is 1010 g/mol. The summed E-state index contributed by atoms with van der Waals surface area (Å²) in [5, 5.41) is 37.2. The van der Waals surface area contributed by atoms with Crippen molar-refractivity contribution < 1.29 is 109 Å². The van der Waals surface area contributed by atoms with Crippen molar-refractivity contribution in [1.82, 2.24) is 0 Å². The molecule has 0 saturated carbocycles. The number of aliphatic carboxylic acids is 1. The average molecular weight is 1060 g/mol. The first kappa shape index (κ1) is 55.0. The van der Waals surface area contributed by atoms with E-state index in [1.165, 1.54) is 81.2 Å². The Labute approximate surface area is 422 Å². The number of oxime groups is 2. The van der Waals surface area contributed by atoms with Gasteiger partial charge in [-0.15, -0.1) is 0 Å². The van der Waals surface area contributed by atoms with Gasteiger partial charge in [0.25, 0.3) is 0 Å². The number of hydrogen-bond acceptors (Lipinski definition) is 19. The van der Waals surface area contributed by atoms with Crippen molar-refractivity contribution in [1.29, 1.82) is 0 Å². The number of carboxylic acids is 1. The number of methoxy groups -OCH3 is 8. The molecule has 5 aromatic carbocycles. The van der Waals surface area contributed by atoms with Crippen LogP contribution >= 0.6 is 0 Å². The van der Waals surface area contributed by atoms with E-state index < -0.39 is 60.0 Å². The second-order valence-electron chi connectivity index (χ2n) is 15.0. The van der Waals surface area contributed by atoms with E-state index >= 15 is 0 Å². The van der Waals surface area contributed by atoms with E-state index in [4.69, 9.17) is 62.2 Å². The van der Waals surface area contributed by atoms with Gasteiger partial charge < -0.3 is 77.1 Å². The van der Waals surface area contributed by atoms with E-state index in [-0.39, 0.29) is 59.2 Å². The van der Waals surface area contributed by atoms with Gasteiger partial charge in [0.05, 0.1) is 56.9 Å². The van der Waals surface area contributed by atoms with E-state index in [1.807, 2.05) is 0 Å². The topological polar surface area (TPSA) is 240 Å². The van der Waals surface area contributed by atoms with Gasteiger partial charge >= 0.3 is 11.9 Å². The summed E-state index contributed by atoms with van der Waals surface area (Å²) < 4.78 is 127. The van der Waals surface area contributed by atoms with Crippen LogP contribution < -0.4 is 52.1 Å². The van der Waals surface area contributed by atoms with Crippen molar-refractivity contribution in [2.24, 2.45) is 10.3 Å². The molecule has 0 saturated heterocycles. The lowest BCUT2D eigenvalue weighted by molar-refractivity contribution is -0.142. The molecule has 7 rings (SSSR count). The first-order valence-corrected chi connectivity index (χ1v) is 21.4. The van der Waals surface area contributed by atoms with Gasteiger partial charge in [-0.05, 0) is 70.8 Å². The third-order valence-electron chi connectivity index (χ3n) is 10.6. The fourth-order valence-corrected chi connectivity index (χ4v) is 7.26. The highest BCUT2D eigenvalue weighted by Gasteiger charge is 2.31. The molecule has 25 heteroatoms. The lowest BCUT2D eigenvalue weighted by atomic mass is 9.95. The molecule has 2 aliphatic rings. The number of rotatable bonds is 17. The van der Waals surface area contributed by atoms with Crippen LogP contribution in [0.1, 0.15) is 22.3 Å². The van der Waals surface area contributed by atoms with Gasteiger partial charge in [-0.2, -0.15) is 8.78 Å². The van der Waals surface area contributed by atoms with Gasteiger partial charge in [0, 0.05) is 11.1 Å². The molecule has 0 bridgehead atoms. The molecule has 0 spiro atoms. The quantitative estimate of drug-likeness (QED) is 0.0202. The highest BCUT2D eigenvalue weighted by atomic mass is 19.2. The molecule has 0 amide bonds. The molecule has 0 aliphatic carbocycles. The number of benzene rings is 5. The lowest BCUT2D eigenvalue weighted by Gasteiger charge is -2.19. The molecule has 3 N–H and O–H groups in total. The molecule has 75 heavy (non-hydrogen) atoms. The van der Waals surface area contributed by atoms with Crippen LogP contribution in [0.5, 0.6) is 74.7 Å². The Kier molecular flexibility index (Phi) is 17.9. The van der Waals surface area contributed by atoms with Gasteiger partial charge in [0.2, 0.25) is 71.0 Å². The number of esters is 1. The number of carboxylic acid groups (broad SMARTS) is 1. The van der Waals surface area contributed by atoms with E-state index in [0.717, 1.165) is 0 Å². The van der Waals surface area contributed by atoms with Gasteiger partial charge in [0.1, 0.15) is 24.6 Å². The molecule has 0 unspecified atom stereocenters. The maximum atomic E-state index is 13.9. The zero-order valence-electron chi connectivity index (χ0n) is 40.9. The number of carbonyl (C=O) groups is 2. The predicted octanol–water partition coefficient (Wildman–Crippen LogP) is 7.63. The van der Waals surface area contributed by atoms with Crippen LogP contribution in [0.4, 0.5) is 22.0 Å². The van der Waals surface area contributed by atoms with Crippen LogP contribution in [0, 0.1) is 29.1 Å². The molecule has 398 valence electrons. The molecule has 0 atom stereocenters. The highest BCUT2D eigenvalue weighted by molar-refractivity contribution is 6.08. The van der Waals surface area contributed by atoms with Crippen LogP contribution in [0.25, 0.3) is 11.1 Å². The van der Waals surface area contributed by atoms with Gasteiger partial charge in [-0.3, -0.25) is 0 Å². The fraction of sp³-hybridized carbons (Fsp3) is 0.240. The minimum Gasteiger partial charge on any atom is -0.504 e. The number of carbonyl (C=O) groups excluding carboxylic acids is 1. The van der Waals surface area contributed by atoms with Crippen molar-refractivity contribution in [3.05, 3.63) is 112 Å². The number of hydrogen-bond donors (Lipinski definition) is 3. The summed E-state index contributed by atoms with van der Waals surface area (Å²) in [4.78, 5) is 32.7. The number of nitrogens with zero attached hydrogens (tertiary/aromatic N) is 2. The van der Waals surface area contributed by atoms with Gasteiger partial charge in [0.15, 0.2) is 46.0 Å². The molecular formula is C50H45F5N2O18. The Morgan fingerprint density at radius 3 is 1.25 bits per heavy atom. The second kappa shape index (κ2) is 24.4. The van der Waals surface area contributed by atoms with Crippen molar-refractivity contribution in [3.63, 3.8) is 0 Å². The van der Waals surface area contributed by atoms with Crippen molar-refractivity contribution in [2.75, 3.05) is 83.3 Å². The lowest BCUT2D eigenvalue weighted by Crippen LogP contribution is -2.18. The minimum atomic E-state index is -2.41. The SMILES string of the molecule is COc1ccc(C2=CC(=NOCC(=O)O)COc3c2cc(OC)c(OC)c3OC)cc1O.COc1ccc(C2=CC(=NOCC(=O)Oc3c(F)c(F)c(F)c(F)c3F)COc3c2cc(OC)c(OC)c3OC)cc1O. The largest absolute Gasteiger partial charge is 0.504 e. The fourth-order valence-electron chi connectivity index (χ4n) is 7.26. The third-order valence-corrected chi connectivity index (χ3v) is 10.6. The van der Waals surface area contributed by atoms with E-state index in [2.05, 4.69) is 15.0 Å². The molecule has 2 heterocycles. The zero-order valence-corrected chi connectivity index (χ0v) is 40.9. The Bertz CT molecular complexity index is 3100. The molecule has 0 radical (unpaired) electrons. The van der Waals surface area contributed by atoms with Crippen LogP contribution in [0.2, 0.25) is 0 Å². The van der Waals surface area contributed by atoms with Crippen LogP contribution in [0.15, 0.2) is 71.0 Å². The predicted molar refractivity (Wildman–Crippen MR) is 253 cm³/mol. The molecule has 0 fully saturated rings. The zero-order chi connectivity index (χ0) is 54.7. The van der Waals surface area contributed by atoms with Crippen molar-refractivity contribution in [2.45, 2.75) is 0 Å². The number of ether oxygens (including phenoxy) is 11. The van der Waals surface area contributed by atoms with Gasteiger partial charge in [-0.1, -0.05) is 22.4 Å². The molecule has 20 nitrogen and oxygen atoms in total. The standard InChI is InChI=1S/C28H22F5NO9.C22H23NO9/c1-37-17-6-5-12(7-16(17)35)14-8-13(10-41-25-15(14)9-18(38-2)26(39-3)28(25)40-4)34-42-11-19(36)43-27-23(32)21(30)20(29)22(31)24(27)33;1-27-17-6-5-12(7-16(17)24)14-8-13(23-32-11-19(25)26)10-31-20-15(14)9-18(28-2)21(29-3)22(20)30-4/h5-9,35H,10-11H2,1-4H3;5-9,24H,10-11H2,1-4H3,(H,25,26). The summed E-state index contributed by atoms with van der Waals surface area (Å²) in [7, 11) is 11.5. The molecule has 0 aromatic heterocycles. The number of fused-ring (bicyclic) bond motifs is 2. The summed E-state index contributed by atoms with van der Waals surface area (Å²) in [6.07, 6.45) is 3.15. The van der Waals surface area contributed by atoms with E-state index in [1.54, 1.807) is 36.4 Å². The number of phenols is 2. The van der Waals surface area contributed by atoms with Crippen LogP contribution in [-0.4, -0.2) is 122 Å². The maximum Gasteiger partial charge on any atom is 0.352 e. The summed E-state index contributed by atoms with van der Waals surface area (Å²) in [6.45, 7) is -2.01. The molecule has 5 aromatic rings. The number of phenolic OH excluding ortho intramolecular Hbond substituents is 2. The summed E-state index contributed by atoms with van der Waals surface area (Å²) >= 11 is 0. The summed E-state index contributed by atoms with van der Waals surface area (Å²) in [6, 6.07) is 12.7. The Morgan fingerprint density at radius 2 is 0.893 bits per heavy atom. The maximum absolute atomic E-state index is 13.9. The third kappa shape index (κ3) is 11.8. The van der Waals surface area contributed by atoms with Crippen LogP contribution in [0.3, 0.4) is 0 Å². The van der Waals surface area contributed by atoms with E-state index in [9.17, 15) is 41.8 Å². The summed E-state index contributed by atoms with van der Waals surface area (Å²) in [5.74, 6) is -13.6. The highest BCUT2D eigenvalue weighted by Crippen LogP contribution is 2.52. The Hall–Kier alpha value is -9.29. The minimum absolute atomic E-state index is 0.0376. The van der Waals surface area contributed by atoms with Crippen LogP contribution in [-0.2, 0) is 19.3 Å². The van der Waals surface area contributed by atoms with E-state index in [0.29, 0.717) is 67.9 Å². The van der Waals surface area contributed by atoms with Crippen molar-refractivity contribution in [3.8, 4) is 74.7 Å². The smallest absolute Gasteiger partial charge is 0.352 e. The van der Waals surface area contributed by atoms with Crippen molar-refractivity contribution >= 4 is 34.5 Å². The average Bonchev–Trinajstić information content (AvgIpc) is 3.71. The first-order chi connectivity index (χ1) is 36.0.